The summed E-state index contributed by atoms with van der Waals surface area (Å²) < 4.78 is 11.1. The second-order valence-electron chi connectivity index (χ2n) is 5.44. The summed E-state index contributed by atoms with van der Waals surface area (Å²) in [6.07, 6.45) is 6.23. The standard InChI is InChI=1S/C13H22N2O2S/c1-2-6-17-11(3-1)9-14-12-15-13(10-18-12)4-7-16-8-5-13/h11H,1-10H2,(H,14,15). The molecule has 0 aliphatic carbocycles. The lowest BCUT2D eigenvalue weighted by Gasteiger charge is -2.32. The van der Waals surface area contributed by atoms with Gasteiger partial charge in [-0.05, 0) is 32.1 Å². The Balaban J connectivity index is 1.51. The van der Waals surface area contributed by atoms with Gasteiger partial charge in [0.05, 0.1) is 18.2 Å². The van der Waals surface area contributed by atoms with E-state index in [-0.39, 0.29) is 5.54 Å². The van der Waals surface area contributed by atoms with Crippen LogP contribution in [0.2, 0.25) is 0 Å². The zero-order chi connectivity index (χ0) is 12.3. The lowest BCUT2D eigenvalue weighted by atomic mass is 9.93. The highest BCUT2D eigenvalue weighted by Gasteiger charge is 2.38. The van der Waals surface area contributed by atoms with Crippen molar-refractivity contribution in [3.8, 4) is 0 Å². The second kappa shape index (κ2) is 5.80. The van der Waals surface area contributed by atoms with Crippen LogP contribution >= 0.6 is 11.8 Å². The lowest BCUT2D eigenvalue weighted by Crippen LogP contribution is -2.48. The van der Waals surface area contributed by atoms with Gasteiger partial charge in [0.2, 0.25) is 0 Å². The monoisotopic (exact) mass is 270 g/mol. The van der Waals surface area contributed by atoms with Gasteiger partial charge in [0.25, 0.3) is 0 Å². The molecular formula is C13H22N2O2S. The Morgan fingerprint density at radius 3 is 2.94 bits per heavy atom. The highest BCUT2D eigenvalue weighted by molar-refractivity contribution is 8.14. The second-order valence-corrected chi connectivity index (χ2v) is 6.40. The first-order valence-corrected chi connectivity index (χ1v) is 8.00. The molecule has 0 bridgehead atoms. The summed E-state index contributed by atoms with van der Waals surface area (Å²) in [6, 6.07) is 0. The first kappa shape index (κ1) is 12.8. The van der Waals surface area contributed by atoms with Crippen molar-refractivity contribution in [2.75, 3.05) is 32.1 Å². The Hall–Kier alpha value is -0.260. The van der Waals surface area contributed by atoms with Crippen molar-refractivity contribution in [1.29, 1.82) is 0 Å². The Morgan fingerprint density at radius 1 is 1.28 bits per heavy atom. The summed E-state index contributed by atoms with van der Waals surface area (Å²) in [5.41, 5.74) is 0.259. The fourth-order valence-electron chi connectivity index (χ4n) is 2.76. The van der Waals surface area contributed by atoms with Crippen molar-refractivity contribution >= 4 is 16.9 Å². The number of hydrogen-bond acceptors (Lipinski definition) is 4. The maximum Gasteiger partial charge on any atom is 0.157 e. The van der Waals surface area contributed by atoms with E-state index in [9.17, 15) is 0 Å². The molecule has 18 heavy (non-hydrogen) atoms. The van der Waals surface area contributed by atoms with Crippen LogP contribution in [0.25, 0.3) is 0 Å². The molecule has 102 valence electrons. The van der Waals surface area contributed by atoms with E-state index in [4.69, 9.17) is 14.5 Å². The first-order valence-electron chi connectivity index (χ1n) is 7.01. The fraction of sp³-hybridized carbons (Fsp3) is 0.923. The lowest BCUT2D eigenvalue weighted by molar-refractivity contribution is 0.0224. The average Bonchev–Trinajstić information content (AvgIpc) is 2.82. The summed E-state index contributed by atoms with van der Waals surface area (Å²) >= 11 is 1.86. The molecule has 1 spiro atoms. The van der Waals surface area contributed by atoms with Crippen molar-refractivity contribution in [3.05, 3.63) is 0 Å². The number of aliphatic imine (C=N–C) groups is 1. The Bertz CT molecular complexity index is 310. The highest BCUT2D eigenvalue weighted by atomic mass is 32.2. The number of thioether (sulfide) groups is 1. The zero-order valence-corrected chi connectivity index (χ0v) is 11.6. The van der Waals surface area contributed by atoms with E-state index in [1.54, 1.807) is 0 Å². The summed E-state index contributed by atoms with van der Waals surface area (Å²) in [5, 5.41) is 4.74. The van der Waals surface area contributed by atoms with Crippen molar-refractivity contribution in [2.45, 2.75) is 43.7 Å². The van der Waals surface area contributed by atoms with Gasteiger partial charge in [-0.25, -0.2) is 0 Å². The van der Waals surface area contributed by atoms with Crippen LogP contribution < -0.4 is 5.32 Å². The Labute approximate surface area is 113 Å². The van der Waals surface area contributed by atoms with Gasteiger partial charge in [0.1, 0.15) is 0 Å². The van der Waals surface area contributed by atoms with E-state index < -0.39 is 0 Å². The molecule has 4 nitrogen and oxygen atoms in total. The third-order valence-corrected chi connectivity index (χ3v) is 5.22. The number of nitrogens with zero attached hydrogens (tertiary/aromatic N) is 1. The van der Waals surface area contributed by atoms with Crippen LogP contribution in [0.4, 0.5) is 0 Å². The van der Waals surface area contributed by atoms with Crippen molar-refractivity contribution in [1.82, 2.24) is 5.32 Å². The van der Waals surface area contributed by atoms with Crippen LogP contribution in [0.5, 0.6) is 0 Å². The minimum absolute atomic E-state index is 0.259. The van der Waals surface area contributed by atoms with Gasteiger partial charge >= 0.3 is 0 Å². The van der Waals surface area contributed by atoms with Crippen LogP contribution in [0.3, 0.4) is 0 Å². The Morgan fingerprint density at radius 2 is 2.17 bits per heavy atom. The molecule has 1 unspecified atom stereocenters. The largest absolute Gasteiger partial charge is 0.381 e. The maximum atomic E-state index is 5.71. The topological polar surface area (TPSA) is 42.9 Å². The SMILES string of the molecule is C1CCC(CN=C2NC3(CCOCC3)CS2)OC1. The summed E-state index contributed by atoms with van der Waals surface area (Å²) in [5.74, 6) is 1.14. The smallest absolute Gasteiger partial charge is 0.157 e. The quantitative estimate of drug-likeness (QED) is 0.831. The van der Waals surface area contributed by atoms with Gasteiger partial charge in [-0.2, -0.15) is 0 Å². The van der Waals surface area contributed by atoms with E-state index in [1.165, 1.54) is 19.3 Å². The number of hydrogen-bond donors (Lipinski definition) is 1. The van der Waals surface area contributed by atoms with Gasteiger partial charge in [-0.15, -0.1) is 0 Å². The molecule has 0 aromatic rings. The van der Waals surface area contributed by atoms with E-state index in [2.05, 4.69) is 5.32 Å². The van der Waals surface area contributed by atoms with Gasteiger partial charge in [0, 0.05) is 25.6 Å². The summed E-state index contributed by atoms with van der Waals surface area (Å²) in [6.45, 7) is 3.50. The summed E-state index contributed by atoms with van der Waals surface area (Å²) in [4.78, 5) is 4.70. The molecule has 1 atom stereocenters. The third-order valence-electron chi connectivity index (χ3n) is 4.02. The molecule has 3 heterocycles. The highest BCUT2D eigenvalue weighted by Crippen LogP contribution is 2.31. The van der Waals surface area contributed by atoms with Crippen LogP contribution in [0.1, 0.15) is 32.1 Å². The Kier molecular flexibility index (Phi) is 4.11. The first-order chi connectivity index (χ1) is 8.86. The molecule has 3 saturated heterocycles. The maximum absolute atomic E-state index is 5.71. The average molecular weight is 270 g/mol. The van der Waals surface area contributed by atoms with Gasteiger partial charge in [0.15, 0.2) is 5.17 Å². The molecule has 3 fully saturated rings. The van der Waals surface area contributed by atoms with Gasteiger partial charge in [-0.3, -0.25) is 4.99 Å². The molecule has 0 amide bonds. The summed E-state index contributed by atoms with van der Waals surface area (Å²) in [7, 11) is 0. The van der Waals surface area contributed by atoms with Crippen LogP contribution in [0.15, 0.2) is 4.99 Å². The predicted octanol–water partition coefficient (Wildman–Crippen LogP) is 1.80. The molecule has 3 aliphatic heterocycles. The van der Waals surface area contributed by atoms with Gasteiger partial charge in [-0.1, -0.05) is 11.8 Å². The van der Waals surface area contributed by atoms with E-state index in [1.807, 2.05) is 11.8 Å². The van der Waals surface area contributed by atoms with Crippen molar-refractivity contribution in [2.24, 2.45) is 4.99 Å². The molecule has 0 aromatic heterocycles. The molecule has 5 heteroatoms. The van der Waals surface area contributed by atoms with Gasteiger partial charge < -0.3 is 14.8 Å². The molecular weight excluding hydrogens is 248 g/mol. The third kappa shape index (κ3) is 3.00. The van der Waals surface area contributed by atoms with Crippen LogP contribution in [-0.2, 0) is 9.47 Å². The molecule has 0 saturated carbocycles. The normalized spacial score (nSPS) is 33.8. The minimum Gasteiger partial charge on any atom is -0.381 e. The molecule has 3 aliphatic rings. The predicted molar refractivity (Wildman–Crippen MR) is 74.3 cm³/mol. The number of amidine groups is 1. The van der Waals surface area contributed by atoms with Crippen molar-refractivity contribution in [3.63, 3.8) is 0 Å². The van der Waals surface area contributed by atoms with Crippen LogP contribution in [-0.4, -0.2) is 48.9 Å². The van der Waals surface area contributed by atoms with E-state index >= 15 is 0 Å². The number of rotatable bonds is 2. The fourth-order valence-corrected chi connectivity index (χ4v) is 3.99. The molecule has 0 radical (unpaired) electrons. The zero-order valence-electron chi connectivity index (χ0n) is 10.8. The van der Waals surface area contributed by atoms with E-state index in [0.717, 1.165) is 50.1 Å². The molecule has 1 N–H and O–H groups in total. The van der Waals surface area contributed by atoms with E-state index in [0.29, 0.717) is 6.10 Å². The molecule has 3 rings (SSSR count). The minimum atomic E-state index is 0.259. The van der Waals surface area contributed by atoms with Crippen molar-refractivity contribution < 1.29 is 9.47 Å². The molecule has 0 aromatic carbocycles. The van der Waals surface area contributed by atoms with Crippen LogP contribution in [0, 0.1) is 0 Å². The number of ether oxygens (including phenoxy) is 2. The number of nitrogens with one attached hydrogen (secondary N) is 1.